The fraction of sp³-hybridized carbons (Fsp3) is 0.100. The molecule has 0 fully saturated rings. The smallest absolute Gasteiger partial charge is 0.205 e. The van der Waals surface area contributed by atoms with Crippen LogP contribution in [-0.4, -0.2) is 25.0 Å². The minimum Gasteiger partial charge on any atom is -0.497 e. The lowest BCUT2D eigenvalue weighted by Gasteiger charge is -2.06. The molecular weight excluding hydrogens is 335 g/mol. The number of aromatic nitrogens is 1. The summed E-state index contributed by atoms with van der Waals surface area (Å²) in [5.74, 6) is 0.232. The van der Waals surface area contributed by atoms with Crippen LogP contribution in [0.25, 0.3) is 17.0 Å². The fourth-order valence-electron chi connectivity index (χ4n) is 2.66. The number of carbonyl (C=O) groups is 1. The average molecular weight is 350 g/mol. The van der Waals surface area contributed by atoms with Gasteiger partial charge in [0.15, 0.2) is 0 Å². The van der Waals surface area contributed by atoms with Crippen LogP contribution < -0.4 is 9.47 Å². The second-order valence-corrected chi connectivity index (χ2v) is 5.54. The number of benzene rings is 2. The van der Waals surface area contributed by atoms with Gasteiger partial charge < -0.3 is 14.5 Å². The number of ether oxygens (including phenoxy) is 2. The lowest BCUT2D eigenvalue weighted by Crippen LogP contribution is -2.01. The number of Topliss-reactive ketones (excluding diaryl/α,β-unsaturated/α-hetero) is 1. The summed E-state index contributed by atoms with van der Waals surface area (Å²) < 4.78 is 23.7. The molecule has 5 nitrogen and oxygen atoms in total. The summed E-state index contributed by atoms with van der Waals surface area (Å²) in [5, 5.41) is 10.0. The number of nitrogens with zero attached hydrogens (tertiary/aromatic N) is 1. The second-order valence-electron chi connectivity index (χ2n) is 5.54. The molecule has 0 amide bonds. The zero-order valence-corrected chi connectivity index (χ0v) is 14.2. The Morgan fingerprint density at radius 3 is 2.46 bits per heavy atom. The first kappa shape index (κ1) is 17.2. The first-order valence-corrected chi connectivity index (χ1v) is 7.72. The molecule has 0 atom stereocenters. The van der Waals surface area contributed by atoms with E-state index >= 15 is 0 Å². The number of carbonyl (C=O) groups excluding carboxylic acids is 1. The van der Waals surface area contributed by atoms with E-state index in [4.69, 9.17) is 9.47 Å². The second kappa shape index (κ2) is 7.11. The lowest BCUT2D eigenvalue weighted by atomic mass is 10.0. The highest BCUT2D eigenvalue weighted by Gasteiger charge is 2.17. The number of nitriles is 1. The molecule has 0 saturated heterocycles. The largest absolute Gasteiger partial charge is 0.497 e. The van der Waals surface area contributed by atoms with E-state index in [1.54, 1.807) is 18.2 Å². The molecule has 26 heavy (non-hydrogen) atoms. The van der Waals surface area contributed by atoms with Gasteiger partial charge in [-0.15, -0.1) is 0 Å². The molecular formula is C20H15FN2O3. The highest BCUT2D eigenvalue weighted by atomic mass is 19.1. The Bertz CT molecular complexity index is 1040. The summed E-state index contributed by atoms with van der Waals surface area (Å²) >= 11 is 0. The molecule has 1 N–H and O–H groups in total. The Kier molecular flexibility index (Phi) is 4.72. The van der Waals surface area contributed by atoms with Crippen molar-refractivity contribution in [3.8, 4) is 17.6 Å². The Hall–Kier alpha value is -3.59. The number of methoxy groups -OCH3 is 2. The summed E-state index contributed by atoms with van der Waals surface area (Å²) in [6.45, 7) is 0. The molecule has 0 aliphatic rings. The molecule has 0 spiro atoms. The van der Waals surface area contributed by atoms with Crippen molar-refractivity contribution in [2.75, 3.05) is 14.2 Å². The van der Waals surface area contributed by atoms with Gasteiger partial charge in [-0.25, -0.2) is 4.39 Å². The quantitative estimate of drug-likeness (QED) is 0.427. The zero-order chi connectivity index (χ0) is 18.7. The van der Waals surface area contributed by atoms with Crippen LogP contribution in [0.15, 0.2) is 48.2 Å². The number of allylic oxidation sites excluding steroid dienone is 1. The molecule has 0 bridgehead atoms. The highest BCUT2D eigenvalue weighted by molar-refractivity contribution is 6.19. The number of hydrogen-bond donors (Lipinski definition) is 1. The van der Waals surface area contributed by atoms with Gasteiger partial charge in [-0.3, -0.25) is 4.79 Å². The molecule has 130 valence electrons. The van der Waals surface area contributed by atoms with Crippen molar-refractivity contribution in [2.24, 2.45) is 0 Å². The SMILES string of the molecule is COc1cc(/C=C(/C#N)C(=O)c2c[nH]c3cc(F)ccc23)cc(OC)c1. The Labute approximate surface area is 149 Å². The topological polar surface area (TPSA) is 75.1 Å². The van der Waals surface area contributed by atoms with Gasteiger partial charge in [0.1, 0.15) is 29.0 Å². The van der Waals surface area contributed by atoms with Gasteiger partial charge in [0.25, 0.3) is 0 Å². The van der Waals surface area contributed by atoms with Crippen LogP contribution in [0, 0.1) is 17.1 Å². The maximum atomic E-state index is 13.3. The minimum atomic E-state index is -0.452. The maximum absolute atomic E-state index is 13.3. The molecule has 0 radical (unpaired) electrons. The molecule has 1 aromatic heterocycles. The van der Waals surface area contributed by atoms with E-state index in [1.165, 1.54) is 44.7 Å². The van der Waals surface area contributed by atoms with Gasteiger partial charge in [0.2, 0.25) is 5.78 Å². The number of aromatic amines is 1. The van der Waals surface area contributed by atoms with Crippen LogP contribution in [0.4, 0.5) is 4.39 Å². The van der Waals surface area contributed by atoms with Gasteiger partial charge >= 0.3 is 0 Å². The van der Waals surface area contributed by atoms with Crippen LogP contribution in [-0.2, 0) is 0 Å². The average Bonchev–Trinajstić information content (AvgIpc) is 3.08. The maximum Gasteiger partial charge on any atom is 0.205 e. The van der Waals surface area contributed by atoms with E-state index in [9.17, 15) is 14.4 Å². The molecule has 2 aromatic carbocycles. The first-order valence-electron chi connectivity index (χ1n) is 7.72. The fourth-order valence-corrected chi connectivity index (χ4v) is 2.66. The molecule has 0 unspecified atom stereocenters. The molecule has 1 heterocycles. The van der Waals surface area contributed by atoms with E-state index in [0.29, 0.717) is 33.5 Å². The summed E-state index contributed by atoms with van der Waals surface area (Å²) in [7, 11) is 3.04. The number of nitrogens with one attached hydrogen (secondary N) is 1. The van der Waals surface area contributed by atoms with Crippen molar-refractivity contribution in [1.29, 1.82) is 5.26 Å². The number of fused-ring (bicyclic) bond motifs is 1. The van der Waals surface area contributed by atoms with Gasteiger partial charge in [0.05, 0.1) is 14.2 Å². The summed E-state index contributed by atoms with van der Waals surface area (Å²) in [5.41, 5.74) is 1.35. The molecule has 3 aromatic rings. The third-order valence-corrected chi connectivity index (χ3v) is 3.94. The summed E-state index contributed by atoms with van der Waals surface area (Å²) in [4.78, 5) is 15.6. The van der Waals surface area contributed by atoms with Crippen LogP contribution in [0.3, 0.4) is 0 Å². The van der Waals surface area contributed by atoms with Crippen molar-refractivity contribution in [1.82, 2.24) is 4.98 Å². The molecule has 0 aliphatic heterocycles. The minimum absolute atomic E-state index is 0.0504. The van der Waals surface area contributed by atoms with E-state index in [1.807, 2.05) is 6.07 Å². The summed E-state index contributed by atoms with van der Waals surface area (Å²) in [6.07, 6.45) is 2.94. The van der Waals surface area contributed by atoms with E-state index in [2.05, 4.69) is 4.98 Å². The molecule has 0 aliphatic carbocycles. The Balaban J connectivity index is 2.04. The van der Waals surface area contributed by atoms with E-state index < -0.39 is 11.6 Å². The van der Waals surface area contributed by atoms with Gasteiger partial charge in [-0.1, -0.05) is 0 Å². The van der Waals surface area contributed by atoms with Crippen LogP contribution in [0.5, 0.6) is 11.5 Å². The summed E-state index contributed by atoms with van der Waals surface area (Å²) in [6, 6.07) is 11.1. The van der Waals surface area contributed by atoms with Crippen LogP contribution >= 0.6 is 0 Å². The molecule has 3 rings (SSSR count). The normalized spacial score (nSPS) is 11.2. The number of rotatable bonds is 5. The number of hydrogen-bond acceptors (Lipinski definition) is 4. The van der Waals surface area contributed by atoms with E-state index in [0.717, 1.165) is 0 Å². The standard InChI is InChI=1S/C20H15FN2O3/c1-25-15-6-12(7-16(9-15)26-2)5-13(10-22)20(24)18-11-23-19-8-14(21)3-4-17(18)19/h3-9,11,23H,1-2H3/b13-5-. The molecule has 6 heteroatoms. The molecule has 0 saturated carbocycles. The van der Waals surface area contributed by atoms with Crippen molar-refractivity contribution >= 4 is 22.8 Å². The third kappa shape index (κ3) is 3.28. The first-order chi connectivity index (χ1) is 12.5. The van der Waals surface area contributed by atoms with E-state index in [-0.39, 0.29) is 5.57 Å². The van der Waals surface area contributed by atoms with Crippen molar-refractivity contribution < 1.29 is 18.7 Å². The monoisotopic (exact) mass is 350 g/mol. The van der Waals surface area contributed by atoms with Crippen molar-refractivity contribution in [3.63, 3.8) is 0 Å². The van der Waals surface area contributed by atoms with Crippen LogP contribution in [0.1, 0.15) is 15.9 Å². The third-order valence-electron chi connectivity index (χ3n) is 3.94. The van der Waals surface area contributed by atoms with Gasteiger partial charge in [-0.05, 0) is 42.0 Å². The van der Waals surface area contributed by atoms with Gasteiger partial charge in [0, 0.05) is 28.7 Å². The Morgan fingerprint density at radius 2 is 1.85 bits per heavy atom. The number of ketones is 1. The van der Waals surface area contributed by atoms with Crippen molar-refractivity contribution in [2.45, 2.75) is 0 Å². The highest BCUT2D eigenvalue weighted by Crippen LogP contribution is 2.26. The van der Waals surface area contributed by atoms with Crippen molar-refractivity contribution in [3.05, 3.63) is 65.1 Å². The Morgan fingerprint density at radius 1 is 1.15 bits per heavy atom. The predicted octanol–water partition coefficient (Wildman–Crippen LogP) is 4.11. The predicted molar refractivity (Wildman–Crippen MR) is 95.7 cm³/mol. The number of H-pyrrole nitrogens is 1. The van der Waals surface area contributed by atoms with Crippen LogP contribution in [0.2, 0.25) is 0 Å². The number of halogens is 1. The lowest BCUT2D eigenvalue weighted by molar-refractivity contribution is 0.104. The zero-order valence-electron chi connectivity index (χ0n) is 14.2. The van der Waals surface area contributed by atoms with Gasteiger partial charge in [-0.2, -0.15) is 5.26 Å².